The zero-order valence-electron chi connectivity index (χ0n) is 12.3. The molecule has 1 amide bonds. The van der Waals surface area contributed by atoms with Crippen LogP contribution in [0.1, 0.15) is 26.3 Å². The minimum Gasteiger partial charge on any atom is -0.444 e. The quantitative estimate of drug-likeness (QED) is 0.820. The van der Waals surface area contributed by atoms with Gasteiger partial charge in [0.25, 0.3) is 0 Å². The zero-order valence-corrected chi connectivity index (χ0v) is 13.0. The van der Waals surface area contributed by atoms with Crippen molar-refractivity contribution in [2.45, 2.75) is 38.8 Å². The van der Waals surface area contributed by atoms with E-state index in [1.807, 2.05) is 0 Å². The van der Waals surface area contributed by atoms with Crippen molar-refractivity contribution in [3.63, 3.8) is 0 Å². The summed E-state index contributed by atoms with van der Waals surface area (Å²) in [4.78, 5) is 23.5. The van der Waals surface area contributed by atoms with Gasteiger partial charge in [0, 0.05) is 11.4 Å². The van der Waals surface area contributed by atoms with Crippen molar-refractivity contribution in [1.82, 2.24) is 5.32 Å². The van der Waals surface area contributed by atoms with Crippen LogP contribution in [0.15, 0.2) is 24.3 Å². The van der Waals surface area contributed by atoms with E-state index in [1.165, 1.54) is 0 Å². The van der Waals surface area contributed by atoms with Crippen molar-refractivity contribution in [1.29, 1.82) is 5.41 Å². The van der Waals surface area contributed by atoms with Gasteiger partial charge in [-0.15, -0.1) is 0 Å². The minimum atomic E-state index is -0.835. The number of carbonyl (C=O) groups is 2. The smallest absolute Gasteiger partial charge is 0.408 e. The first kappa shape index (κ1) is 17.2. The number of benzene rings is 1. The molecule has 1 aromatic rings. The molecule has 0 spiro atoms. The SMILES string of the molecule is CC(C)(C)OC(=O)N[C@@H](Cc1ccc(Cl)cc1)C(=O)C=N. The lowest BCUT2D eigenvalue weighted by Gasteiger charge is -2.22. The maximum Gasteiger partial charge on any atom is 0.408 e. The number of ether oxygens (including phenoxy) is 1. The summed E-state index contributed by atoms with van der Waals surface area (Å²) in [5, 5.41) is 10.2. The number of amides is 1. The lowest BCUT2D eigenvalue weighted by molar-refractivity contribution is -0.114. The molecular weight excluding hydrogens is 292 g/mol. The fraction of sp³-hybridized carbons (Fsp3) is 0.400. The second kappa shape index (κ2) is 7.22. The van der Waals surface area contributed by atoms with E-state index in [0.29, 0.717) is 11.2 Å². The fourth-order valence-electron chi connectivity index (χ4n) is 1.63. The Morgan fingerprint density at radius 3 is 2.38 bits per heavy atom. The molecule has 114 valence electrons. The first-order chi connectivity index (χ1) is 9.71. The van der Waals surface area contributed by atoms with Crippen molar-refractivity contribution >= 4 is 29.7 Å². The molecule has 0 saturated carbocycles. The van der Waals surface area contributed by atoms with Crippen LogP contribution in [0.25, 0.3) is 0 Å². The number of halogens is 1. The molecule has 0 aliphatic carbocycles. The molecule has 0 heterocycles. The molecule has 1 aromatic carbocycles. The van der Waals surface area contributed by atoms with Crippen molar-refractivity contribution in [3.05, 3.63) is 34.9 Å². The largest absolute Gasteiger partial charge is 0.444 e. The van der Waals surface area contributed by atoms with Crippen LogP contribution in [-0.2, 0) is 16.0 Å². The van der Waals surface area contributed by atoms with Crippen LogP contribution in [0.5, 0.6) is 0 Å². The maximum absolute atomic E-state index is 11.8. The number of nitrogens with one attached hydrogen (secondary N) is 2. The van der Waals surface area contributed by atoms with Crippen LogP contribution >= 0.6 is 11.6 Å². The summed E-state index contributed by atoms with van der Waals surface area (Å²) in [6, 6.07) is 6.11. The number of ketones is 1. The van der Waals surface area contributed by atoms with Gasteiger partial charge in [0.05, 0.1) is 6.21 Å². The Morgan fingerprint density at radius 1 is 1.33 bits per heavy atom. The molecule has 6 heteroatoms. The fourth-order valence-corrected chi connectivity index (χ4v) is 1.76. The number of Topliss-reactive ketones (excluding diaryl/α,β-unsaturated/α-hetero) is 1. The number of rotatable bonds is 5. The summed E-state index contributed by atoms with van der Waals surface area (Å²) < 4.78 is 5.12. The molecule has 0 aliphatic rings. The van der Waals surface area contributed by atoms with Gasteiger partial charge < -0.3 is 15.5 Å². The van der Waals surface area contributed by atoms with Crippen LogP contribution in [0.2, 0.25) is 5.02 Å². The van der Waals surface area contributed by atoms with Crippen molar-refractivity contribution in [2.75, 3.05) is 0 Å². The first-order valence-electron chi connectivity index (χ1n) is 6.49. The number of carbonyl (C=O) groups excluding carboxylic acids is 2. The highest BCUT2D eigenvalue weighted by Gasteiger charge is 2.23. The number of hydrogen-bond donors (Lipinski definition) is 2. The van der Waals surface area contributed by atoms with Crippen LogP contribution in [-0.4, -0.2) is 29.7 Å². The molecule has 0 bridgehead atoms. The molecule has 0 unspecified atom stereocenters. The van der Waals surface area contributed by atoms with Gasteiger partial charge in [0.15, 0.2) is 5.78 Å². The van der Waals surface area contributed by atoms with Gasteiger partial charge in [0.2, 0.25) is 0 Å². The van der Waals surface area contributed by atoms with E-state index in [-0.39, 0.29) is 6.42 Å². The van der Waals surface area contributed by atoms with Crippen molar-refractivity contribution in [3.8, 4) is 0 Å². The zero-order chi connectivity index (χ0) is 16.0. The minimum absolute atomic E-state index is 0.268. The van der Waals surface area contributed by atoms with E-state index in [2.05, 4.69) is 5.32 Å². The predicted octanol–water partition coefficient (Wildman–Crippen LogP) is 2.99. The molecular formula is C15H19ClN2O3. The van der Waals surface area contributed by atoms with Gasteiger partial charge in [-0.2, -0.15) is 0 Å². The Bertz CT molecular complexity index is 521. The highest BCUT2D eigenvalue weighted by molar-refractivity contribution is 6.30. The van der Waals surface area contributed by atoms with Crippen LogP contribution in [0.3, 0.4) is 0 Å². The second-order valence-corrected chi connectivity index (χ2v) is 6.01. The van der Waals surface area contributed by atoms with E-state index in [1.54, 1.807) is 45.0 Å². The van der Waals surface area contributed by atoms with Crippen LogP contribution in [0, 0.1) is 5.41 Å². The van der Waals surface area contributed by atoms with Gasteiger partial charge in [-0.3, -0.25) is 4.79 Å². The summed E-state index contributed by atoms with van der Waals surface area (Å²) in [7, 11) is 0. The Hall–Kier alpha value is -1.88. The Kier molecular flexibility index (Phi) is 5.90. The van der Waals surface area contributed by atoms with Gasteiger partial charge >= 0.3 is 6.09 Å². The first-order valence-corrected chi connectivity index (χ1v) is 6.87. The van der Waals surface area contributed by atoms with Crippen molar-refractivity contribution < 1.29 is 14.3 Å². The highest BCUT2D eigenvalue weighted by Crippen LogP contribution is 2.12. The topological polar surface area (TPSA) is 79.2 Å². The van der Waals surface area contributed by atoms with E-state index < -0.39 is 23.5 Å². The molecule has 21 heavy (non-hydrogen) atoms. The highest BCUT2D eigenvalue weighted by atomic mass is 35.5. The summed E-state index contributed by atoms with van der Waals surface area (Å²) in [6.45, 7) is 5.21. The summed E-state index contributed by atoms with van der Waals surface area (Å²) in [5.41, 5.74) is 0.179. The van der Waals surface area contributed by atoms with Gasteiger partial charge in [-0.25, -0.2) is 4.79 Å². The van der Waals surface area contributed by atoms with Gasteiger partial charge in [-0.05, 0) is 38.5 Å². The Balaban J connectivity index is 2.77. The Morgan fingerprint density at radius 2 is 1.90 bits per heavy atom. The Labute approximate surface area is 129 Å². The summed E-state index contributed by atoms with van der Waals surface area (Å²) >= 11 is 5.80. The number of hydrogen-bond acceptors (Lipinski definition) is 4. The summed E-state index contributed by atoms with van der Waals surface area (Å²) in [5.74, 6) is -0.490. The average molecular weight is 311 g/mol. The molecule has 0 aromatic heterocycles. The molecule has 0 aliphatic heterocycles. The maximum atomic E-state index is 11.8. The van der Waals surface area contributed by atoms with Crippen LogP contribution < -0.4 is 5.32 Å². The second-order valence-electron chi connectivity index (χ2n) is 5.58. The lowest BCUT2D eigenvalue weighted by atomic mass is 10.0. The van der Waals surface area contributed by atoms with Crippen molar-refractivity contribution in [2.24, 2.45) is 0 Å². The summed E-state index contributed by atoms with van der Waals surface area (Å²) in [6.07, 6.45) is 0.277. The van der Waals surface area contributed by atoms with Gasteiger partial charge in [-0.1, -0.05) is 23.7 Å². The number of alkyl carbamates (subject to hydrolysis) is 1. The third-order valence-electron chi connectivity index (χ3n) is 2.53. The average Bonchev–Trinajstić information content (AvgIpc) is 2.37. The molecule has 0 fully saturated rings. The van der Waals surface area contributed by atoms with Crippen LogP contribution in [0.4, 0.5) is 4.79 Å². The molecule has 0 saturated heterocycles. The molecule has 5 nitrogen and oxygen atoms in total. The standard InChI is InChI=1S/C15H19ClN2O3/c1-15(2,3)21-14(20)18-12(13(19)9-17)8-10-4-6-11(16)7-5-10/h4-7,9,12,17H,8H2,1-3H3,(H,18,20)/t12-/m0/s1. The third kappa shape index (κ3) is 6.40. The lowest BCUT2D eigenvalue weighted by Crippen LogP contribution is -2.45. The van der Waals surface area contributed by atoms with E-state index in [9.17, 15) is 9.59 Å². The predicted molar refractivity (Wildman–Crippen MR) is 82.1 cm³/mol. The van der Waals surface area contributed by atoms with E-state index >= 15 is 0 Å². The molecule has 1 atom stereocenters. The molecule has 1 rings (SSSR count). The monoisotopic (exact) mass is 310 g/mol. The van der Waals surface area contributed by atoms with Gasteiger partial charge in [0.1, 0.15) is 11.6 Å². The molecule has 2 N–H and O–H groups in total. The molecule has 0 radical (unpaired) electrons. The van der Waals surface area contributed by atoms with E-state index in [0.717, 1.165) is 5.56 Å². The normalized spacial score (nSPS) is 12.4. The van der Waals surface area contributed by atoms with E-state index in [4.69, 9.17) is 21.7 Å². The third-order valence-corrected chi connectivity index (χ3v) is 2.78.